The number of aliphatic hydroxyl groups excluding tert-OH is 1. The van der Waals surface area contributed by atoms with Crippen molar-refractivity contribution in [3.05, 3.63) is 0 Å². The van der Waals surface area contributed by atoms with Crippen LogP contribution < -0.4 is 11.1 Å². The standard InChI is InChI=1S/C8H18N2O2/c1-6(5-11)3-4-7(2)10-8(9)12/h6-7,11H,3-5H2,1-2H3,(H3,9,10,12)/t6-,7?/m1/s1. The molecule has 0 aromatic rings. The van der Waals surface area contributed by atoms with Crippen LogP contribution in [0.4, 0.5) is 4.79 Å². The van der Waals surface area contributed by atoms with Gasteiger partial charge >= 0.3 is 6.03 Å². The minimum Gasteiger partial charge on any atom is -0.396 e. The molecule has 0 aliphatic heterocycles. The Hall–Kier alpha value is -0.770. The third-order valence-corrected chi connectivity index (χ3v) is 1.79. The Morgan fingerprint density at radius 3 is 2.50 bits per heavy atom. The van der Waals surface area contributed by atoms with Crippen LogP contribution in [0.1, 0.15) is 26.7 Å². The molecule has 12 heavy (non-hydrogen) atoms. The molecule has 0 fully saturated rings. The molecule has 72 valence electrons. The highest BCUT2D eigenvalue weighted by Gasteiger charge is 2.06. The van der Waals surface area contributed by atoms with Crippen LogP contribution in [0.2, 0.25) is 0 Å². The van der Waals surface area contributed by atoms with Crippen LogP contribution in [-0.2, 0) is 0 Å². The fourth-order valence-electron chi connectivity index (χ4n) is 0.941. The minimum atomic E-state index is -0.487. The van der Waals surface area contributed by atoms with Crippen LogP contribution in [0, 0.1) is 5.92 Å². The molecule has 4 N–H and O–H groups in total. The molecule has 0 saturated heterocycles. The smallest absolute Gasteiger partial charge is 0.312 e. The lowest BCUT2D eigenvalue weighted by atomic mass is 10.0. The molecule has 4 nitrogen and oxygen atoms in total. The Kier molecular flexibility index (Phi) is 5.45. The van der Waals surface area contributed by atoms with Gasteiger partial charge in [0, 0.05) is 12.6 Å². The van der Waals surface area contributed by atoms with Crippen molar-refractivity contribution in [3.8, 4) is 0 Å². The van der Waals surface area contributed by atoms with Gasteiger partial charge in [0.15, 0.2) is 0 Å². The average molecular weight is 174 g/mol. The zero-order chi connectivity index (χ0) is 9.56. The number of carbonyl (C=O) groups excluding carboxylic acids is 1. The number of carbonyl (C=O) groups is 1. The van der Waals surface area contributed by atoms with Crippen molar-refractivity contribution in [1.29, 1.82) is 0 Å². The monoisotopic (exact) mass is 174 g/mol. The first-order chi connectivity index (χ1) is 5.56. The lowest BCUT2D eigenvalue weighted by Gasteiger charge is -2.13. The van der Waals surface area contributed by atoms with Gasteiger partial charge in [-0.3, -0.25) is 0 Å². The summed E-state index contributed by atoms with van der Waals surface area (Å²) >= 11 is 0. The Bertz CT molecular complexity index is 139. The highest BCUT2D eigenvalue weighted by Crippen LogP contribution is 2.06. The van der Waals surface area contributed by atoms with Gasteiger partial charge in [0.25, 0.3) is 0 Å². The molecular formula is C8H18N2O2. The molecule has 0 radical (unpaired) electrons. The highest BCUT2D eigenvalue weighted by molar-refractivity contribution is 5.71. The van der Waals surface area contributed by atoms with Gasteiger partial charge in [-0.2, -0.15) is 0 Å². The maximum Gasteiger partial charge on any atom is 0.312 e. The predicted octanol–water partition coefficient (Wildman–Crippen LogP) is 0.452. The van der Waals surface area contributed by atoms with E-state index in [0.717, 1.165) is 12.8 Å². The van der Waals surface area contributed by atoms with Gasteiger partial charge in [-0.1, -0.05) is 6.92 Å². The Morgan fingerprint density at radius 2 is 2.08 bits per heavy atom. The zero-order valence-electron chi connectivity index (χ0n) is 7.71. The summed E-state index contributed by atoms with van der Waals surface area (Å²) in [5.74, 6) is 0.294. The molecule has 0 saturated carbocycles. The molecule has 0 aliphatic carbocycles. The highest BCUT2D eigenvalue weighted by atomic mass is 16.3. The number of urea groups is 1. The van der Waals surface area contributed by atoms with Crippen molar-refractivity contribution >= 4 is 6.03 Å². The average Bonchev–Trinajstić information content (AvgIpc) is 1.99. The summed E-state index contributed by atoms with van der Waals surface area (Å²) in [6.07, 6.45) is 1.75. The third-order valence-electron chi connectivity index (χ3n) is 1.79. The fourth-order valence-corrected chi connectivity index (χ4v) is 0.941. The Balaban J connectivity index is 3.43. The first-order valence-electron chi connectivity index (χ1n) is 4.23. The first-order valence-corrected chi connectivity index (χ1v) is 4.23. The molecule has 4 heteroatoms. The number of rotatable bonds is 5. The van der Waals surface area contributed by atoms with E-state index in [1.807, 2.05) is 13.8 Å². The van der Waals surface area contributed by atoms with Gasteiger partial charge in [-0.05, 0) is 25.7 Å². The summed E-state index contributed by atoms with van der Waals surface area (Å²) in [7, 11) is 0. The van der Waals surface area contributed by atoms with E-state index in [4.69, 9.17) is 10.8 Å². The van der Waals surface area contributed by atoms with E-state index in [0.29, 0.717) is 5.92 Å². The third kappa shape index (κ3) is 5.97. The summed E-state index contributed by atoms with van der Waals surface area (Å²) in [6, 6.07) is -0.393. The second-order valence-electron chi connectivity index (χ2n) is 3.27. The molecule has 2 amide bonds. The number of nitrogens with one attached hydrogen (secondary N) is 1. The van der Waals surface area contributed by atoms with Gasteiger partial charge < -0.3 is 16.2 Å². The van der Waals surface area contributed by atoms with Crippen molar-refractivity contribution in [2.45, 2.75) is 32.7 Å². The molecule has 0 aliphatic rings. The van der Waals surface area contributed by atoms with Gasteiger partial charge in [-0.25, -0.2) is 4.79 Å². The second kappa shape index (κ2) is 5.83. The van der Waals surface area contributed by atoms with Crippen LogP contribution in [0.25, 0.3) is 0 Å². The maximum atomic E-state index is 10.4. The van der Waals surface area contributed by atoms with Crippen molar-refractivity contribution in [2.75, 3.05) is 6.61 Å². The first kappa shape index (κ1) is 11.2. The molecule has 0 rings (SSSR count). The molecular weight excluding hydrogens is 156 g/mol. The normalized spacial score (nSPS) is 15.2. The van der Waals surface area contributed by atoms with Gasteiger partial charge in [-0.15, -0.1) is 0 Å². The minimum absolute atomic E-state index is 0.0940. The number of hydrogen-bond acceptors (Lipinski definition) is 2. The van der Waals surface area contributed by atoms with E-state index in [1.54, 1.807) is 0 Å². The molecule has 0 aromatic carbocycles. The van der Waals surface area contributed by atoms with Crippen LogP contribution in [-0.4, -0.2) is 23.8 Å². The number of aliphatic hydroxyl groups is 1. The Labute approximate surface area is 73.1 Å². The maximum absolute atomic E-state index is 10.4. The van der Waals surface area contributed by atoms with Crippen LogP contribution in [0.3, 0.4) is 0 Å². The van der Waals surface area contributed by atoms with E-state index >= 15 is 0 Å². The molecule has 1 unspecified atom stereocenters. The predicted molar refractivity (Wildman–Crippen MR) is 47.7 cm³/mol. The molecule has 0 heterocycles. The van der Waals surface area contributed by atoms with E-state index in [-0.39, 0.29) is 12.6 Å². The number of primary amides is 1. The van der Waals surface area contributed by atoms with Gasteiger partial charge in [0.1, 0.15) is 0 Å². The Morgan fingerprint density at radius 1 is 1.50 bits per heavy atom. The summed E-state index contributed by atoms with van der Waals surface area (Å²) < 4.78 is 0. The molecule has 0 aromatic heterocycles. The lowest BCUT2D eigenvalue weighted by molar-refractivity contribution is 0.222. The topological polar surface area (TPSA) is 75.3 Å². The summed E-state index contributed by atoms with van der Waals surface area (Å²) in [5.41, 5.74) is 4.93. The number of hydrogen-bond donors (Lipinski definition) is 3. The van der Waals surface area contributed by atoms with Gasteiger partial charge in [0.2, 0.25) is 0 Å². The van der Waals surface area contributed by atoms with Crippen molar-refractivity contribution in [2.24, 2.45) is 11.7 Å². The van der Waals surface area contributed by atoms with Crippen LogP contribution >= 0.6 is 0 Å². The van der Waals surface area contributed by atoms with Crippen molar-refractivity contribution in [1.82, 2.24) is 5.32 Å². The summed E-state index contributed by atoms with van der Waals surface area (Å²) in [6.45, 7) is 4.06. The largest absolute Gasteiger partial charge is 0.396 e. The summed E-state index contributed by atoms with van der Waals surface area (Å²) in [5, 5.41) is 11.3. The van der Waals surface area contributed by atoms with Crippen molar-refractivity contribution < 1.29 is 9.90 Å². The quantitative estimate of drug-likeness (QED) is 0.566. The molecule has 0 bridgehead atoms. The van der Waals surface area contributed by atoms with Crippen LogP contribution in [0.5, 0.6) is 0 Å². The van der Waals surface area contributed by atoms with Crippen molar-refractivity contribution in [3.63, 3.8) is 0 Å². The zero-order valence-corrected chi connectivity index (χ0v) is 7.71. The number of amides is 2. The van der Waals surface area contributed by atoms with Crippen LogP contribution in [0.15, 0.2) is 0 Å². The second-order valence-corrected chi connectivity index (χ2v) is 3.27. The molecule has 0 spiro atoms. The van der Waals surface area contributed by atoms with E-state index in [2.05, 4.69) is 5.32 Å². The summed E-state index contributed by atoms with van der Waals surface area (Å²) in [4.78, 5) is 10.4. The van der Waals surface area contributed by atoms with Gasteiger partial charge in [0.05, 0.1) is 0 Å². The van der Waals surface area contributed by atoms with E-state index < -0.39 is 6.03 Å². The number of nitrogens with two attached hydrogens (primary N) is 1. The van der Waals surface area contributed by atoms with E-state index in [9.17, 15) is 4.79 Å². The fraction of sp³-hybridized carbons (Fsp3) is 0.875. The van der Waals surface area contributed by atoms with E-state index in [1.165, 1.54) is 0 Å². The SMILES string of the molecule is CC(CC[C@@H](C)CO)NC(N)=O. The lowest BCUT2D eigenvalue weighted by Crippen LogP contribution is -2.36. The molecule has 2 atom stereocenters.